The Morgan fingerprint density at radius 2 is 2.33 bits per heavy atom. The van der Waals surface area contributed by atoms with E-state index in [1.54, 1.807) is 18.3 Å². The highest BCUT2D eigenvalue weighted by Gasteiger charge is 2.10. The van der Waals surface area contributed by atoms with E-state index >= 15 is 0 Å². The number of carbonyl (C=O) groups is 1. The van der Waals surface area contributed by atoms with Crippen molar-refractivity contribution in [1.29, 1.82) is 0 Å². The zero-order valence-corrected chi connectivity index (χ0v) is 10.2. The van der Waals surface area contributed by atoms with Crippen molar-refractivity contribution in [3.63, 3.8) is 0 Å². The maximum atomic E-state index is 12.0. The van der Waals surface area contributed by atoms with Crippen molar-refractivity contribution < 1.29 is 4.79 Å². The van der Waals surface area contributed by atoms with Crippen LogP contribution in [0.5, 0.6) is 0 Å². The van der Waals surface area contributed by atoms with Crippen LogP contribution < -0.4 is 11.1 Å². The van der Waals surface area contributed by atoms with Gasteiger partial charge in [0.1, 0.15) is 5.82 Å². The normalized spacial score (nSPS) is 10.3. The predicted octanol–water partition coefficient (Wildman–Crippen LogP) is 1.68. The van der Waals surface area contributed by atoms with Gasteiger partial charge in [0.05, 0.1) is 6.20 Å². The van der Waals surface area contributed by atoms with Gasteiger partial charge in [-0.05, 0) is 24.1 Å². The number of aromatic nitrogens is 2. The topological polar surface area (TPSA) is 83.8 Å². The zero-order chi connectivity index (χ0) is 13.0. The van der Waals surface area contributed by atoms with Crippen LogP contribution in [-0.2, 0) is 13.0 Å². The summed E-state index contributed by atoms with van der Waals surface area (Å²) in [5.41, 5.74) is 8.06. The SMILES string of the molecule is CCc1cn[nH]c1NC(=O)c1cccc(CN)c1. The summed E-state index contributed by atoms with van der Waals surface area (Å²) in [5.74, 6) is 0.491. The van der Waals surface area contributed by atoms with Crippen molar-refractivity contribution in [3.05, 3.63) is 47.2 Å². The molecule has 1 aromatic carbocycles. The number of benzene rings is 1. The number of rotatable bonds is 4. The van der Waals surface area contributed by atoms with E-state index in [9.17, 15) is 4.79 Å². The Balaban J connectivity index is 2.16. The summed E-state index contributed by atoms with van der Waals surface area (Å²) in [6, 6.07) is 7.27. The molecule has 0 aliphatic rings. The number of amides is 1. The molecule has 0 saturated carbocycles. The van der Waals surface area contributed by atoms with Gasteiger partial charge in [0, 0.05) is 17.7 Å². The fraction of sp³-hybridized carbons (Fsp3) is 0.231. The molecule has 94 valence electrons. The molecule has 0 atom stereocenters. The Hall–Kier alpha value is -2.14. The van der Waals surface area contributed by atoms with Crippen LogP contribution in [0.4, 0.5) is 5.82 Å². The minimum Gasteiger partial charge on any atom is -0.326 e. The Bertz CT molecular complexity index is 547. The molecule has 0 radical (unpaired) electrons. The van der Waals surface area contributed by atoms with Crippen molar-refractivity contribution in [2.45, 2.75) is 19.9 Å². The molecule has 18 heavy (non-hydrogen) atoms. The van der Waals surface area contributed by atoms with E-state index in [0.717, 1.165) is 17.5 Å². The third-order valence-corrected chi connectivity index (χ3v) is 2.76. The lowest BCUT2D eigenvalue weighted by molar-refractivity contribution is 0.102. The maximum Gasteiger partial charge on any atom is 0.256 e. The van der Waals surface area contributed by atoms with Gasteiger partial charge in [0.15, 0.2) is 0 Å². The predicted molar refractivity (Wildman–Crippen MR) is 70.3 cm³/mol. The monoisotopic (exact) mass is 244 g/mol. The van der Waals surface area contributed by atoms with Crippen LogP contribution in [0.1, 0.15) is 28.4 Å². The lowest BCUT2D eigenvalue weighted by Crippen LogP contribution is -2.14. The highest BCUT2D eigenvalue weighted by Crippen LogP contribution is 2.13. The van der Waals surface area contributed by atoms with Crippen molar-refractivity contribution in [2.24, 2.45) is 5.73 Å². The molecule has 1 amide bonds. The second-order valence-corrected chi connectivity index (χ2v) is 3.98. The molecule has 2 aromatic rings. The number of nitrogens with zero attached hydrogens (tertiary/aromatic N) is 1. The number of aryl methyl sites for hydroxylation is 1. The third-order valence-electron chi connectivity index (χ3n) is 2.76. The van der Waals surface area contributed by atoms with E-state index in [1.165, 1.54) is 0 Å². The van der Waals surface area contributed by atoms with Crippen LogP contribution in [0.15, 0.2) is 30.5 Å². The Morgan fingerprint density at radius 3 is 3.06 bits per heavy atom. The molecule has 1 aromatic heterocycles. The first kappa shape index (κ1) is 12.3. The molecule has 2 rings (SSSR count). The van der Waals surface area contributed by atoms with E-state index in [-0.39, 0.29) is 5.91 Å². The van der Waals surface area contributed by atoms with Gasteiger partial charge in [0.2, 0.25) is 0 Å². The quantitative estimate of drug-likeness (QED) is 0.765. The molecule has 0 fully saturated rings. The smallest absolute Gasteiger partial charge is 0.256 e. The van der Waals surface area contributed by atoms with Crippen LogP contribution in [0.2, 0.25) is 0 Å². The molecular weight excluding hydrogens is 228 g/mol. The first-order chi connectivity index (χ1) is 8.74. The van der Waals surface area contributed by atoms with Gasteiger partial charge in [-0.2, -0.15) is 5.10 Å². The van der Waals surface area contributed by atoms with Gasteiger partial charge < -0.3 is 11.1 Å². The van der Waals surface area contributed by atoms with E-state index < -0.39 is 0 Å². The van der Waals surface area contributed by atoms with Crippen molar-refractivity contribution in [1.82, 2.24) is 10.2 Å². The molecule has 0 aliphatic carbocycles. The number of aromatic amines is 1. The summed E-state index contributed by atoms with van der Waals surface area (Å²) < 4.78 is 0. The lowest BCUT2D eigenvalue weighted by Gasteiger charge is -2.06. The number of nitrogens with one attached hydrogen (secondary N) is 2. The van der Waals surface area contributed by atoms with Crippen LogP contribution in [0.25, 0.3) is 0 Å². The molecule has 0 aliphatic heterocycles. The minimum absolute atomic E-state index is 0.163. The Morgan fingerprint density at radius 1 is 1.50 bits per heavy atom. The van der Waals surface area contributed by atoms with Crippen LogP contribution in [-0.4, -0.2) is 16.1 Å². The van der Waals surface area contributed by atoms with Crippen LogP contribution in [0.3, 0.4) is 0 Å². The number of hydrogen-bond donors (Lipinski definition) is 3. The standard InChI is InChI=1S/C13H16N4O/c1-2-10-8-15-17-12(10)16-13(18)11-5-3-4-9(6-11)7-14/h3-6,8H,2,7,14H2,1H3,(H2,15,16,17,18). The lowest BCUT2D eigenvalue weighted by atomic mass is 10.1. The first-order valence-corrected chi connectivity index (χ1v) is 5.87. The summed E-state index contributed by atoms with van der Waals surface area (Å²) in [5, 5.41) is 9.50. The summed E-state index contributed by atoms with van der Waals surface area (Å²) in [4.78, 5) is 12.0. The number of nitrogens with two attached hydrogens (primary N) is 1. The van der Waals surface area contributed by atoms with Gasteiger partial charge in [-0.1, -0.05) is 19.1 Å². The summed E-state index contributed by atoms with van der Waals surface area (Å²) in [6.45, 7) is 2.43. The van der Waals surface area contributed by atoms with Gasteiger partial charge in [-0.25, -0.2) is 0 Å². The Labute approximate surface area is 105 Å². The fourth-order valence-corrected chi connectivity index (χ4v) is 1.71. The van der Waals surface area contributed by atoms with Crippen LogP contribution in [0, 0.1) is 0 Å². The van der Waals surface area contributed by atoms with E-state index in [2.05, 4.69) is 15.5 Å². The molecule has 4 N–H and O–H groups in total. The van der Waals surface area contributed by atoms with Gasteiger partial charge in [-0.3, -0.25) is 9.89 Å². The molecule has 1 heterocycles. The molecule has 5 nitrogen and oxygen atoms in total. The fourth-order valence-electron chi connectivity index (χ4n) is 1.71. The molecule has 5 heteroatoms. The van der Waals surface area contributed by atoms with Crippen molar-refractivity contribution in [2.75, 3.05) is 5.32 Å². The van der Waals surface area contributed by atoms with Crippen LogP contribution >= 0.6 is 0 Å². The van der Waals surface area contributed by atoms with Crippen molar-refractivity contribution >= 4 is 11.7 Å². The maximum absolute atomic E-state index is 12.0. The molecule has 0 bridgehead atoms. The summed E-state index contributed by atoms with van der Waals surface area (Å²) in [6.07, 6.45) is 2.53. The second-order valence-electron chi connectivity index (χ2n) is 3.98. The minimum atomic E-state index is -0.163. The van der Waals surface area contributed by atoms with E-state index in [0.29, 0.717) is 17.9 Å². The Kier molecular flexibility index (Phi) is 3.74. The largest absolute Gasteiger partial charge is 0.326 e. The number of anilines is 1. The van der Waals surface area contributed by atoms with E-state index in [4.69, 9.17) is 5.73 Å². The number of H-pyrrole nitrogens is 1. The van der Waals surface area contributed by atoms with Gasteiger partial charge >= 0.3 is 0 Å². The average molecular weight is 244 g/mol. The molecular formula is C13H16N4O. The summed E-state index contributed by atoms with van der Waals surface area (Å²) in [7, 11) is 0. The zero-order valence-electron chi connectivity index (χ0n) is 10.2. The molecule has 0 spiro atoms. The van der Waals surface area contributed by atoms with Gasteiger partial charge in [0.25, 0.3) is 5.91 Å². The first-order valence-electron chi connectivity index (χ1n) is 5.87. The third kappa shape index (κ3) is 2.57. The van der Waals surface area contributed by atoms with E-state index in [1.807, 2.05) is 19.1 Å². The highest BCUT2D eigenvalue weighted by atomic mass is 16.1. The molecule has 0 saturated heterocycles. The van der Waals surface area contributed by atoms with Gasteiger partial charge in [-0.15, -0.1) is 0 Å². The highest BCUT2D eigenvalue weighted by molar-refractivity contribution is 6.04. The average Bonchev–Trinajstić information content (AvgIpc) is 2.86. The number of hydrogen-bond acceptors (Lipinski definition) is 3. The summed E-state index contributed by atoms with van der Waals surface area (Å²) >= 11 is 0. The molecule has 0 unspecified atom stereocenters. The number of carbonyl (C=O) groups excluding carboxylic acids is 1. The second kappa shape index (κ2) is 5.46. The van der Waals surface area contributed by atoms with Crippen molar-refractivity contribution in [3.8, 4) is 0 Å².